The standard InChI is InChI=1S/C14H19NO2/c1-10-6-4-5-7-12(10)13(17)15-9-11(16)8-14(15,2)3/h4-7,11,16H,8-9H2,1-3H3. The summed E-state index contributed by atoms with van der Waals surface area (Å²) in [5.74, 6) is 0.0182. The van der Waals surface area contributed by atoms with Crippen molar-refractivity contribution < 1.29 is 9.90 Å². The van der Waals surface area contributed by atoms with Crippen LogP contribution < -0.4 is 0 Å². The van der Waals surface area contributed by atoms with Crippen LogP contribution in [0.1, 0.15) is 36.2 Å². The fourth-order valence-corrected chi connectivity index (χ4v) is 2.53. The predicted molar refractivity (Wildman–Crippen MR) is 66.9 cm³/mol. The average molecular weight is 233 g/mol. The van der Waals surface area contributed by atoms with Crippen LogP contribution in [0, 0.1) is 6.92 Å². The highest BCUT2D eigenvalue weighted by Crippen LogP contribution is 2.30. The molecule has 0 spiro atoms. The Hall–Kier alpha value is -1.35. The van der Waals surface area contributed by atoms with Gasteiger partial charge in [-0.2, -0.15) is 0 Å². The lowest BCUT2D eigenvalue weighted by molar-refractivity contribution is 0.0640. The molecule has 0 saturated carbocycles. The van der Waals surface area contributed by atoms with Gasteiger partial charge in [-0.15, -0.1) is 0 Å². The van der Waals surface area contributed by atoms with Gasteiger partial charge in [-0.3, -0.25) is 4.79 Å². The van der Waals surface area contributed by atoms with E-state index in [0.717, 1.165) is 11.1 Å². The maximum atomic E-state index is 12.4. The Morgan fingerprint density at radius 3 is 2.59 bits per heavy atom. The van der Waals surface area contributed by atoms with Crippen LogP contribution in [0.3, 0.4) is 0 Å². The Kier molecular flexibility index (Phi) is 2.96. The Morgan fingerprint density at radius 1 is 1.41 bits per heavy atom. The molecule has 92 valence electrons. The molecule has 0 aliphatic carbocycles. The van der Waals surface area contributed by atoms with Crippen LogP contribution in [-0.2, 0) is 0 Å². The molecule has 0 radical (unpaired) electrons. The molecule has 1 amide bonds. The molecule has 1 N–H and O–H groups in total. The van der Waals surface area contributed by atoms with Gasteiger partial charge >= 0.3 is 0 Å². The summed E-state index contributed by atoms with van der Waals surface area (Å²) in [6, 6.07) is 7.58. The number of aliphatic hydroxyl groups is 1. The number of aliphatic hydroxyl groups excluding tert-OH is 1. The van der Waals surface area contributed by atoms with Gasteiger partial charge in [0.1, 0.15) is 0 Å². The van der Waals surface area contributed by atoms with Gasteiger partial charge in [0.25, 0.3) is 5.91 Å². The third-order valence-corrected chi connectivity index (χ3v) is 3.48. The van der Waals surface area contributed by atoms with E-state index in [1.165, 1.54) is 0 Å². The zero-order valence-electron chi connectivity index (χ0n) is 10.6. The van der Waals surface area contributed by atoms with E-state index in [4.69, 9.17) is 0 Å². The Morgan fingerprint density at radius 2 is 2.06 bits per heavy atom. The number of carbonyl (C=O) groups excluding carboxylic acids is 1. The molecule has 1 aromatic rings. The summed E-state index contributed by atoms with van der Waals surface area (Å²) in [6.45, 7) is 6.37. The van der Waals surface area contributed by atoms with Crippen LogP contribution in [0.2, 0.25) is 0 Å². The van der Waals surface area contributed by atoms with Crippen molar-refractivity contribution in [2.24, 2.45) is 0 Å². The van der Waals surface area contributed by atoms with E-state index in [1.54, 1.807) is 4.90 Å². The molecule has 1 aromatic carbocycles. The number of rotatable bonds is 1. The fourth-order valence-electron chi connectivity index (χ4n) is 2.53. The first-order valence-corrected chi connectivity index (χ1v) is 5.97. The van der Waals surface area contributed by atoms with Gasteiger partial charge < -0.3 is 10.0 Å². The number of amides is 1. The molecule has 0 bridgehead atoms. The minimum atomic E-state index is -0.405. The van der Waals surface area contributed by atoms with Gasteiger partial charge in [-0.1, -0.05) is 18.2 Å². The number of hydrogen-bond donors (Lipinski definition) is 1. The number of hydrogen-bond acceptors (Lipinski definition) is 2. The normalized spacial score (nSPS) is 22.8. The average Bonchev–Trinajstić information content (AvgIpc) is 2.51. The molecule has 3 heteroatoms. The van der Waals surface area contributed by atoms with E-state index < -0.39 is 6.10 Å². The molecule has 1 fully saturated rings. The Labute approximate surface area is 102 Å². The first-order chi connectivity index (χ1) is 7.92. The smallest absolute Gasteiger partial charge is 0.254 e. The highest BCUT2D eigenvalue weighted by Gasteiger charge is 2.40. The third kappa shape index (κ3) is 2.20. The first kappa shape index (κ1) is 12.1. The Balaban J connectivity index is 2.30. The second kappa shape index (κ2) is 4.15. The van der Waals surface area contributed by atoms with Crippen molar-refractivity contribution in [2.45, 2.75) is 38.8 Å². The number of aryl methyl sites for hydroxylation is 1. The predicted octanol–water partition coefficient (Wildman–Crippen LogP) is 1.98. The maximum absolute atomic E-state index is 12.4. The van der Waals surface area contributed by atoms with Gasteiger partial charge in [-0.25, -0.2) is 0 Å². The monoisotopic (exact) mass is 233 g/mol. The molecular formula is C14H19NO2. The van der Waals surface area contributed by atoms with Gasteiger partial charge in [0, 0.05) is 17.6 Å². The summed E-state index contributed by atoms with van der Waals surface area (Å²) < 4.78 is 0. The summed E-state index contributed by atoms with van der Waals surface area (Å²) in [7, 11) is 0. The van der Waals surface area contributed by atoms with Crippen LogP contribution in [0.15, 0.2) is 24.3 Å². The van der Waals surface area contributed by atoms with Crippen molar-refractivity contribution >= 4 is 5.91 Å². The molecule has 2 rings (SSSR count). The molecular weight excluding hydrogens is 214 g/mol. The van der Waals surface area contributed by atoms with E-state index >= 15 is 0 Å². The van der Waals surface area contributed by atoms with Crippen molar-refractivity contribution in [3.05, 3.63) is 35.4 Å². The van der Waals surface area contributed by atoms with E-state index in [2.05, 4.69) is 0 Å². The summed E-state index contributed by atoms with van der Waals surface area (Å²) in [5, 5.41) is 9.71. The summed E-state index contributed by atoms with van der Waals surface area (Å²) >= 11 is 0. The van der Waals surface area contributed by atoms with E-state index in [0.29, 0.717) is 13.0 Å². The van der Waals surface area contributed by atoms with Crippen LogP contribution in [0.5, 0.6) is 0 Å². The molecule has 1 aliphatic heterocycles. The molecule has 1 unspecified atom stereocenters. The second-order valence-corrected chi connectivity index (χ2v) is 5.40. The zero-order valence-corrected chi connectivity index (χ0v) is 10.6. The third-order valence-electron chi connectivity index (χ3n) is 3.48. The lowest BCUT2D eigenvalue weighted by Crippen LogP contribution is -2.43. The van der Waals surface area contributed by atoms with Crippen molar-refractivity contribution in [2.75, 3.05) is 6.54 Å². The van der Waals surface area contributed by atoms with Gasteiger partial charge in [0.15, 0.2) is 0 Å². The molecule has 1 aliphatic rings. The quantitative estimate of drug-likeness (QED) is 0.805. The maximum Gasteiger partial charge on any atom is 0.254 e. The lowest BCUT2D eigenvalue weighted by atomic mass is 9.99. The molecule has 17 heavy (non-hydrogen) atoms. The number of carbonyl (C=O) groups is 1. The fraction of sp³-hybridized carbons (Fsp3) is 0.500. The van der Waals surface area contributed by atoms with Gasteiger partial charge in [-0.05, 0) is 38.8 Å². The second-order valence-electron chi connectivity index (χ2n) is 5.40. The largest absolute Gasteiger partial charge is 0.391 e. The highest BCUT2D eigenvalue weighted by atomic mass is 16.3. The van der Waals surface area contributed by atoms with E-state index in [-0.39, 0.29) is 11.4 Å². The van der Waals surface area contributed by atoms with Crippen molar-refractivity contribution in [3.63, 3.8) is 0 Å². The van der Waals surface area contributed by atoms with Crippen LogP contribution >= 0.6 is 0 Å². The molecule has 1 saturated heterocycles. The summed E-state index contributed by atoms with van der Waals surface area (Å²) in [5.41, 5.74) is 1.45. The minimum absolute atomic E-state index is 0.0182. The van der Waals surface area contributed by atoms with Crippen molar-refractivity contribution in [1.29, 1.82) is 0 Å². The Bertz CT molecular complexity index is 440. The first-order valence-electron chi connectivity index (χ1n) is 5.97. The topological polar surface area (TPSA) is 40.5 Å². The van der Waals surface area contributed by atoms with E-state index in [9.17, 15) is 9.90 Å². The molecule has 1 atom stereocenters. The van der Waals surface area contributed by atoms with Gasteiger partial charge in [0.2, 0.25) is 0 Å². The van der Waals surface area contributed by atoms with Crippen LogP contribution in [0.4, 0.5) is 0 Å². The number of likely N-dealkylation sites (tertiary alicyclic amines) is 1. The summed E-state index contributed by atoms with van der Waals surface area (Å²) in [4.78, 5) is 14.2. The number of nitrogens with zero attached hydrogens (tertiary/aromatic N) is 1. The number of β-amino-alcohol motifs (C(OH)–C–C–N with tert-alkyl or cyclic N) is 1. The SMILES string of the molecule is Cc1ccccc1C(=O)N1CC(O)CC1(C)C. The minimum Gasteiger partial charge on any atom is -0.391 e. The highest BCUT2D eigenvalue weighted by molar-refractivity contribution is 5.96. The van der Waals surface area contributed by atoms with Crippen molar-refractivity contribution in [3.8, 4) is 0 Å². The zero-order chi connectivity index (χ0) is 12.6. The molecule has 0 aromatic heterocycles. The lowest BCUT2D eigenvalue weighted by Gasteiger charge is -2.31. The van der Waals surface area contributed by atoms with Crippen LogP contribution in [0.25, 0.3) is 0 Å². The van der Waals surface area contributed by atoms with Crippen LogP contribution in [-0.4, -0.2) is 34.1 Å². The van der Waals surface area contributed by atoms with E-state index in [1.807, 2.05) is 45.0 Å². The molecule has 1 heterocycles. The molecule has 3 nitrogen and oxygen atoms in total. The summed E-state index contributed by atoms with van der Waals surface area (Å²) in [6.07, 6.45) is 0.239. The number of benzene rings is 1. The van der Waals surface area contributed by atoms with Gasteiger partial charge in [0.05, 0.1) is 6.10 Å². The van der Waals surface area contributed by atoms with Crippen molar-refractivity contribution in [1.82, 2.24) is 4.90 Å².